The van der Waals surface area contributed by atoms with Gasteiger partial charge in [-0.25, -0.2) is 15.0 Å². The van der Waals surface area contributed by atoms with E-state index >= 15 is 0 Å². The fourth-order valence-electron chi connectivity index (χ4n) is 4.34. The van der Waals surface area contributed by atoms with Crippen molar-refractivity contribution in [3.05, 3.63) is 47.7 Å². The van der Waals surface area contributed by atoms with Gasteiger partial charge in [0, 0.05) is 36.3 Å². The van der Waals surface area contributed by atoms with E-state index in [0.717, 1.165) is 35.3 Å². The van der Waals surface area contributed by atoms with Crippen LogP contribution in [-0.4, -0.2) is 54.6 Å². The molecule has 1 aliphatic carbocycles. The van der Waals surface area contributed by atoms with Gasteiger partial charge in [-0.15, -0.1) is 0 Å². The van der Waals surface area contributed by atoms with E-state index in [1.807, 2.05) is 29.8 Å². The summed E-state index contributed by atoms with van der Waals surface area (Å²) < 4.78 is 8.03. The minimum Gasteiger partial charge on any atom is -0.471 e. The van der Waals surface area contributed by atoms with Gasteiger partial charge < -0.3 is 24.8 Å². The second kappa shape index (κ2) is 6.80. The number of aliphatic hydroxyl groups is 2. The van der Waals surface area contributed by atoms with Crippen LogP contribution in [0.25, 0.3) is 11.0 Å². The van der Waals surface area contributed by atoms with Crippen molar-refractivity contribution in [2.45, 2.75) is 50.7 Å². The smallest absolute Gasteiger partial charge is 0.218 e. The lowest BCUT2D eigenvalue weighted by Gasteiger charge is -2.23. The van der Waals surface area contributed by atoms with Crippen LogP contribution in [0.15, 0.2) is 30.9 Å². The molecule has 0 amide bonds. The highest BCUT2D eigenvalue weighted by atomic mass is 16.5. The fourth-order valence-corrected chi connectivity index (χ4v) is 4.34. The van der Waals surface area contributed by atoms with E-state index in [1.165, 1.54) is 11.9 Å². The summed E-state index contributed by atoms with van der Waals surface area (Å²) in [6.45, 7) is 3.56. The molecule has 28 heavy (non-hydrogen) atoms. The van der Waals surface area contributed by atoms with Crippen molar-refractivity contribution in [3.8, 4) is 5.88 Å². The number of hydrogen-bond acceptors (Lipinski definition) is 7. The molecule has 4 atom stereocenters. The number of rotatable bonds is 3. The van der Waals surface area contributed by atoms with Crippen molar-refractivity contribution in [1.82, 2.24) is 24.8 Å². The van der Waals surface area contributed by atoms with Crippen LogP contribution >= 0.6 is 0 Å². The number of ether oxygens (including phenoxy) is 1. The number of fused-ring (bicyclic) bond motifs is 2. The Hall–Kier alpha value is -2.55. The van der Waals surface area contributed by atoms with Gasteiger partial charge in [0.15, 0.2) is 0 Å². The summed E-state index contributed by atoms with van der Waals surface area (Å²) in [5.74, 6) is 0.539. The Labute approximate surface area is 162 Å². The van der Waals surface area contributed by atoms with Gasteiger partial charge in [-0.05, 0) is 37.6 Å². The highest BCUT2D eigenvalue weighted by Gasteiger charge is 2.44. The molecule has 8 nitrogen and oxygen atoms in total. The molecule has 2 aliphatic rings. The zero-order chi connectivity index (χ0) is 19.3. The van der Waals surface area contributed by atoms with E-state index in [2.05, 4.69) is 20.3 Å². The monoisotopic (exact) mass is 381 g/mol. The molecule has 0 aromatic carbocycles. The third kappa shape index (κ3) is 2.76. The minimum atomic E-state index is -1.00. The van der Waals surface area contributed by atoms with Crippen molar-refractivity contribution in [3.63, 3.8) is 0 Å². The van der Waals surface area contributed by atoms with Crippen LogP contribution in [0.4, 0.5) is 0 Å². The fraction of sp³-hybridized carbons (Fsp3) is 0.450. The molecule has 1 fully saturated rings. The third-order valence-electron chi connectivity index (χ3n) is 5.91. The molecular weight excluding hydrogens is 358 g/mol. The molecule has 5 rings (SSSR count). The number of nitrogens with one attached hydrogen (secondary N) is 1. The van der Waals surface area contributed by atoms with E-state index in [9.17, 15) is 10.2 Å². The summed E-state index contributed by atoms with van der Waals surface area (Å²) in [6, 6.07) is 3.63. The quantitative estimate of drug-likeness (QED) is 0.619. The van der Waals surface area contributed by atoms with E-state index in [-0.39, 0.29) is 6.04 Å². The Balaban J connectivity index is 1.43. The predicted octanol–water partition coefficient (Wildman–Crippen LogP) is 0.895. The van der Waals surface area contributed by atoms with Gasteiger partial charge >= 0.3 is 0 Å². The van der Waals surface area contributed by atoms with Crippen LogP contribution in [0.3, 0.4) is 0 Å². The van der Waals surface area contributed by atoms with Gasteiger partial charge in [0.1, 0.15) is 30.3 Å². The van der Waals surface area contributed by atoms with Gasteiger partial charge in [0.05, 0.1) is 11.7 Å². The SMILES string of the molecule is Cc1ncnc2c1ccn2[C@@H]1C[C@H](Oc2nccc3c2CNCC3)[C@@H](O)[C@H]1O. The van der Waals surface area contributed by atoms with Crippen molar-refractivity contribution in [2.24, 2.45) is 0 Å². The molecule has 4 heterocycles. The summed E-state index contributed by atoms with van der Waals surface area (Å²) in [5, 5.41) is 25.6. The number of nitrogens with zero attached hydrogens (tertiary/aromatic N) is 4. The van der Waals surface area contributed by atoms with Crippen molar-refractivity contribution >= 4 is 11.0 Å². The molecule has 0 radical (unpaired) electrons. The highest BCUT2D eigenvalue weighted by molar-refractivity contribution is 5.78. The Morgan fingerprint density at radius 2 is 2.07 bits per heavy atom. The Kier molecular flexibility index (Phi) is 4.26. The van der Waals surface area contributed by atoms with Crippen LogP contribution in [0, 0.1) is 6.92 Å². The van der Waals surface area contributed by atoms with Crippen LogP contribution < -0.4 is 10.1 Å². The van der Waals surface area contributed by atoms with E-state index in [1.54, 1.807) is 6.20 Å². The zero-order valence-corrected chi connectivity index (χ0v) is 15.6. The van der Waals surface area contributed by atoms with Gasteiger partial charge in [0.25, 0.3) is 0 Å². The molecule has 0 unspecified atom stereocenters. The van der Waals surface area contributed by atoms with Crippen LogP contribution in [0.2, 0.25) is 0 Å². The number of pyridine rings is 1. The van der Waals surface area contributed by atoms with E-state index < -0.39 is 18.3 Å². The molecule has 146 valence electrons. The van der Waals surface area contributed by atoms with Crippen molar-refractivity contribution < 1.29 is 14.9 Å². The average Bonchev–Trinajstić information content (AvgIpc) is 3.26. The minimum absolute atomic E-state index is 0.329. The van der Waals surface area contributed by atoms with Crippen LogP contribution in [-0.2, 0) is 13.0 Å². The molecular formula is C20H23N5O3. The van der Waals surface area contributed by atoms with Crippen molar-refractivity contribution in [2.75, 3.05) is 6.54 Å². The van der Waals surface area contributed by atoms with Gasteiger partial charge in [0.2, 0.25) is 5.88 Å². The lowest BCUT2D eigenvalue weighted by molar-refractivity contribution is -0.0177. The standard InChI is InChI=1S/C20H23N5O3/c1-11-13-4-7-25(19(13)24-10-23-11)15-8-16(18(27)17(15)26)28-20-14-9-21-5-2-12(14)3-6-22-20/h3-4,6-7,10,15-18,21,26-27H,2,5,8-9H2,1H3/t15-,16+,17+,18-/m1/s1. The molecule has 1 aliphatic heterocycles. The molecule has 0 saturated heterocycles. The van der Waals surface area contributed by atoms with Crippen molar-refractivity contribution in [1.29, 1.82) is 0 Å². The topological polar surface area (TPSA) is 105 Å². The molecule has 0 bridgehead atoms. The number of aryl methyl sites for hydroxylation is 1. The second-order valence-electron chi connectivity index (χ2n) is 7.54. The lowest BCUT2D eigenvalue weighted by Crippen LogP contribution is -2.35. The maximum absolute atomic E-state index is 10.7. The summed E-state index contributed by atoms with van der Waals surface area (Å²) in [7, 11) is 0. The molecule has 3 N–H and O–H groups in total. The maximum Gasteiger partial charge on any atom is 0.218 e. The molecule has 3 aromatic rings. The highest BCUT2D eigenvalue weighted by Crippen LogP contribution is 2.36. The Morgan fingerprint density at radius 1 is 1.18 bits per heavy atom. The second-order valence-corrected chi connectivity index (χ2v) is 7.54. The number of hydrogen-bond donors (Lipinski definition) is 3. The van der Waals surface area contributed by atoms with E-state index in [0.29, 0.717) is 18.8 Å². The predicted molar refractivity (Wildman–Crippen MR) is 102 cm³/mol. The Morgan fingerprint density at radius 3 is 2.96 bits per heavy atom. The first-order chi connectivity index (χ1) is 13.6. The molecule has 3 aromatic heterocycles. The first-order valence-electron chi connectivity index (χ1n) is 9.62. The largest absolute Gasteiger partial charge is 0.471 e. The number of aliphatic hydroxyl groups excluding tert-OH is 2. The van der Waals surface area contributed by atoms with Gasteiger partial charge in [-0.3, -0.25) is 0 Å². The Bertz CT molecular complexity index is 1020. The maximum atomic E-state index is 10.7. The first kappa shape index (κ1) is 17.5. The zero-order valence-electron chi connectivity index (χ0n) is 15.6. The normalized spacial score (nSPS) is 27.1. The number of aromatic nitrogens is 4. The van der Waals surface area contributed by atoms with E-state index in [4.69, 9.17) is 4.74 Å². The summed E-state index contributed by atoms with van der Waals surface area (Å²) in [5.41, 5.74) is 3.89. The van der Waals surface area contributed by atoms with Gasteiger partial charge in [-0.1, -0.05) is 0 Å². The first-order valence-corrected chi connectivity index (χ1v) is 9.62. The molecule has 8 heteroatoms. The summed E-state index contributed by atoms with van der Waals surface area (Å²) in [4.78, 5) is 13.0. The summed E-state index contributed by atoms with van der Waals surface area (Å²) >= 11 is 0. The lowest BCUT2D eigenvalue weighted by atomic mass is 10.0. The molecule has 0 spiro atoms. The average molecular weight is 381 g/mol. The van der Waals surface area contributed by atoms with Gasteiger partial charge in [-0.2, -0.15) is 0 Å². The summed E-state index contributed by atoms with van der Waals surface area (Å²) in [6.07, 6.45) is 4.06. The van der Waals surface area contributed by atoms with Crippen LogP contribution in [0.1, 0.15) is 29.3 Å². The third-order valence-corrected chi connectivity index (χ3v) is 5.91. The molecule has 1 saturated carbocycles. The van der Waals surface area contributed by atoms with Crippen LogP contribution in [0.5, 0.6) is 5.88 Å².